The van der Waals surface area contributed by atoms with Gasteiger partial charge in [0.2, 0.25) is 0 Å². The van der Waals surface area contributed by atoms with E-state index >= 15 is 0 Å². The molecule has 6 rings (SSSR count). The van der Waals surface area contributed by atoms with E-state index in [4.69, 9.17) is 4.74 Å². The largest absolute Gasteiger partial charge is 0.444 e. The highest BCUT2D eigenvalue weighted by Crippen LogP contribution is 2.39. The molecule has 0 aliphatic carbocycles. The second-order valence-corrected chi connectivity index (χ2v) is 9.32. The first-order valence-corrected chi connectivity index (χ1v) is 10.4. The predicted molar refractivity (Wildman–Crippen MR) is 115 cm³/mol. The van der Waals surface area contributed by atoms with E-state index in [1.165, 1.54) is 0 Å². The van der Waals surface area contributed by atoms with Gasteiger partial charge >= 0.3 is 6.09 Å². The Morgan fingerprint density at radius 2 is 1.90 bits per heavy atom. The summed E-state index contributed by atoms with van der Waals surface area (Å²) in [6.07, 6.45) is 8.02. The number of rotatable bonds is 2. The van der Waals surface area contributed by atoms with Gasteiger partial charge in [-0.25, -0.2) is 9.31 Å². The number of aryl methyl sites for hydroxylation is 1. The van der Waals surface area contributed by atoms with Crippen LogP contribution in [0.5, 0.6) is 0 Å². The molecule has 9 nitrogen and oxygen atoms in total. The molecule has 0 radical (unpaired) electrons. The number of carbonyl (C=O) groups excluding carboxylic acids is 1. The molecular formula is C22H25N7O2. The van der Waals surface area contributed by atoms with Gasteiger partial charge in [0.25, 0.3) is 0 Å². The Labute approximate surface area is 180 Å². The maximum absolute atomic E-state index is 12.6. The lowest BCUT2D eigenvalue weighted by molar-refractivity contribution is -0.0379. The van der Waals surface area contributed by atoms with Crippen molar-refractivity contribution in [3.63, 3.8) is 0 Å². The van der Waals surface area contributed by atoms with Gasteiger partial charge in [-0.15, -0.1) is 0 Å². The van der Waals surface area contributed by atoms with Crippen LogP contribution in [0.4, 0.5) is 10.5 Å². The molecule has 9 heteroatoms. The van der Waals surface area contributed by atoms with Gasteiger partial charge in [0, 0.05) is 43.7 Å². The average molecular weight is 419 g/mol. The summed E-state index contributed by atoms with van der Waals surface area (Å²) < 4.78 is 9.12. The highest BCUT2D eigenvalue weighted by molar-refractivity contribution is 5.84. The minimum atomic E-state index is -0.510. The van der Waals surface area contributed by atoms with Gasteiger partial charge in [-0.05, 0) is 33.3 Å². The summed E-state index contributed by atoms with van der Waals surface area (Å²) in [6.45, 7) is 7.04. The van der Waals surface area contributed by atoms with Crippen molar-refractivity contribution in [3.05, 3.63) is 36.4 Å². The first kappa shape index (κ1) is 19.4. The maximum atomic E-state index is 12.6. The van der Waals surface area contributed by atoms with Gasteiger partial charge in [0.15, 0.2) is 0 Å². The van der Waals surface area contributed by atoms with Crippen molar-refractivity contribution >= 4 is 17.3 Å². The molecular weight excluding hydrogens is 394 g/mol. The van der Waals surface area contributed by atoms with Crippen LogP contribution in [-0.2, 0) is 11.8 Å². The highest BCUT2D eigenvalue weighted by atomic mass is 16.6. The Kier molecular flexibility index (Phi) is 4.22. The first-order chi connectivity index (χ1) is 14.7. The number of anilines is 1. The number of pyridine rings is 1. The van der Waals surface area contributed by atoms with Crippen LogP contribution in [0.25, 0.3) is 16.6 Å². The lowest BCUT2D eigenvalue weighted by Gasteiger charge is -2.56. The Morgan fingerprint density at radius 1 is 1.16 bits per heavy atom. The minimum absolute atomic E-state index is 0.101. The van der Waals surface area contributed by atoms with Crippen LogP contribution in [0.3, 0.4) is 0 Å². The fraction of sp³-hybridized carbons (Fsp3) is 0.455. The Bertz CT molecular complexity index is 1200. The van der Waals surface area contributed by atoms with Crippen LogP contribution in [-0.4, -0.2) is 61.2 Å². The van der Waals surface area contributed by atoms with Crippen molar-refractivity contribution in [2.75, 3.05) is 18.0 Å². The number of hydrogen-bond acceptors (Lipinski definition) is 6. The predicted octanol–water partition coefficient (Wildman–Crippen LogP) is 2.80. The third kappa shape index (κ3) is 3.28. The van der Waals surface area contributed by atoms with E-state index in [2.05, 4.69) is 27.2 Å². The van der Waals surface area contributed by atoms with E-state index in [0.717, 1.165) is 28.8 Å². The quantitative estimate of drug-likeness (QED) is 0.634. The third-order valence-corrected chi connectivity index (χ3v) is 5.89. The summed E-state index contributed by atoms with van der Waals surface area (Å²) in [6, 6.07) is 4.55. The van der Waals surface area contributed by atoms with Crippen molar-refractivity contribution in [2.24, 2.45) is 7.05 Å². The fourth-order valence-electron chi connectivity index (χ4n) is 4.57. The van der Waals surface area contributed by atoms with E-state index in [-0.39, 0.29) is 18.2 Å². The number of piperazine rings is 1. The third-order valence-electron chi connectivity index (χ3n) is 5.89. The topological polar surface area (TPSA) is 91.7 Å². The van der Waals surface area contributed by atoms with E-state index < -0.39 is 5.60 Å². The molecule has 3 fully saturated rings. The van der Waals surface area contributed by atoms with Crippen LogP contribution in [0.1, 0.15) is 32.8 Å². The molecule has 3 aromatic rings. The van der Waals surface area contributed by atoms with E-state index in [1.807, 2.05) is 51.3 Å². The molecule has 2 unspecified atom stereocenters. The van der Waals surface area contributed by atoms with Crippen molar-refractivity contribution in [1.82, 2.24) is 24.3 Å². The minimum Gasteiger partial charge on any atom is -0.444 e. The van der Waals surface area contributed by atoms with Gasteiger partial charge in [-0.3, -0.25) is 9.58 Å². The number of piperidine rings is 1. The van der Waals surface area contributed by atoms with Crippen LogP contribution in [0, 0.1) is 11.3 Å². The first-order valence-electron chi connectivity index (χ1n) is 10.4. The number of nitrogens with zero attached hydrogens (tertiary/aromatic N) is 7. The van der Waals surface area contributed by atoms with Gasteiger partial charge in [-0.1, -0.05) is 0 Å². The lowest BCUT2D eigenvalue weighted by atomic mass is 9.87. The van der Waals surface area contributed by atoms with Gasteiger partial charge in [-0.2, -0.15) is 15.5 Å². The van der Waals surface area contributed by atoms with Crippen molar-refractivity contribution in [2.45, 2.75) is 44.9 Å². The summed E-state index contributed by atoms with van der Waals surface area (Å²) in [5.41, 5.74) is 3.73. The molecule has 3 saturated heterocycles. The lowest BCUT2D eigenvalue weighted by Crippen LogP contribution is -2.70. The molecule has 1 amide bonds. The van der Waals surface area contributed by atoms with Crippen LogP contribution >= 0.6 is 0 Å². The average Bonchev–Trinajstić information content (AvgIpc) is 3.31. The van der Waals surface area contributed by atoms with Crippen molar-refractivity contribution < 1.29 is 9.53 Å². The normalized spacial score (nSPS) is 20.5. The van der Waals surface area contributed by atoms with E-state index in [0.29, 0.717) is 18.7 Å². The van der Waals surface area contributed by atoms with Crippen molar-refractivity contribution in [3.8, 4) is 17.2 Å². The molecule has 3 aliphatic rings. The molecule has 0 aromatic carbocycles. The summed E-state index contributed by atoms with van der Waals surface area (Å²) in [7, 11) is 1.88. The summed E-state index contributed by atoms with van der Waals surface area (Å²) in [5.74, 6) is 0. The van der Waals surface area contributed by atoms with Crippen LogP contribution in [0.2, 0.25) is 0 Å². The van der Waals surface area contributed by atoms with Crippen molar-refractivity contribution in [1.29, 1.82) is 5.26 Å². The Hall–Kier alpha value is -3.54. The monoisotopic (exact) mass is 419 g/mol. The van der Waals surface area contributed by atoms with Gasteiger partial charge in [0.1, 0.15) is 17.2 Å². The Balaban J connectivity index is 1.49. The number of ether oxygens (including phenoxy) is 1. The molecule has 160 valence electrons. The molecule has 3 aromatic heterocycles. The second kappa shape index (κ2) is 6.74. The molecule has 0 N–H and O–H groups in total. The number of nitriles is 1. The Morgan fingerprint density at radius 3 is 2.52 bits per heavy atom. The molecule has 2 atom stereocenters. The smallest absolute Gasteiger partial charge is 0.410 e. The number of aromatic nitrogens is 4. The molecule has 6 heterocycles. The molecule has 2 bridgehead atoms. The summed E-state index contributed by atoms with van der Waals surface area (Å²) in [5, 5.41) is 18.3. The number of amides is 1. The molecule has 3 aliphatic heterocycles. The SMILES string of the molecule is Cn1cc(-c2cc(N3CC4CC(C3)N4C(=O)OC(C)(C)C)c3c(C#N)cnn3c2)cn1. The van der Waals surface area contributed by atoms with Crippen LogP contribution in [0.15, 0.2) is 30.9 Å². The number of fused-ring (bicyclic) bond motifs is 3. The van der Waals surface area contributed by atoms with Gasteiger partial charge in [0.05, 0.1) is 35.7 Å². The zero-order valence-corrected chi connectivity index (χ0v) is 18.1. The maximum Gasteiger partial charge on any atom is 0.410 e. The van der Waals surface area contributed by atoms with E-state index in [1.54, 1.807) is 15.4 Å². The molecule has 31 heavy (non-hydrogen) atoms. The van der Waals surface area contributed by atoms with Gasteiger partial charge < -0.3 is 9.64 Å². The number of carbonyl (C=O) groups is 1. The van der Waals surface area contributed by atoms with E-state index in [9.17, 15) is 10.1 Å². The summed E-state index contributed by atoms with van der Waals surface area (Å²) in [4.78, 5) is 16.8. The standard InChI is InChI=1S/C22H25N7O2/c1-22(2,3)31-21(30)29-17-6-18(29)13-27(12-17)19-5-14(16-9-24-26(4)10-16)11-28-20(19)15(7-23)8-25-28/h5,8-11,17-18H,6,12-13H2,1-4H3. The molecule has 0 spiro atoms. The zero-order chi connectivity index (χ0) is 21.9. The van der Waals surface area contributed by atoms with Crippen LogP contribution < -0.4 is 4.90 Å². The molecule has 0 saturated carbocycles. The zero-order valence-electron chi connectivity index (χ0n) is 18.1. The summed E-state index contributed by atoms with van der Waals surface area (Å²) >= 11 is 0. The fourth-order valence-corrected chi connectivity index (χ4v) is 4.57. The number of hydrogen-bond donors (Lipinski definition) is 0. The second-order valence-electron chi connectivity index (χ2n) is 9.32. The highest BCUT2D eigenvalue weighted by Gasteiger charge is 2.49.